The molecule has 0 spiro atoms. The smallest absolute Gasteiger partial charge is 0.240 e. The Balaban J connectivity index is 1.99. The maximum absolute atomic E-state index is 13.2. The predicted molar refractivity (Wildman–Crippen MR) is 101 cm³/mol. The van der Waals surface area contributed by atoms with Crippen LogP contribution in [0.2, 0.25) is 0 Å². The van der Waals surface area contributed by atoms with Crippen LogP contribution < -0.4 is 0 Å². The first-order valence-electron chi connectivity index (χ1n) is 8.41. The number of nitrogens with zero attached hydrogens (tertiary/aromatic N) is 2. The lowest BCUT2D eigenvalue weighted by molar-refractivity contribution is 0.246. The summed E-state index contributed by atoms with van der Waals surface area (Å²) >= 11 is 3.16. The van der Waals surface area contributed by atoms with E-state index in [2.05, 4.69) is 11.9 Å². The highest BCUT2D eigenvalue weighted by molar-refractivity contribution is 7.89. The molecule has 1 aliphatic rings. The van der Waals surface area contributed by atoms with E-state index >= 15 is 0 Å². The molecule has 132 valence electrons. The van der Waals surface area contributed by atoms with Gasteiger partial charge in [-0.1, -0.05) is 13.3 Å². The molecule has 4 nitrogen and oxygen atoms in total. The number of rotatable bonds is 4. The standard InChI is InChI=1S/C17H24N2O2S3/c1-5-14-8-6-7-9-19(14)24(20,21)16-10-15(22-13(16)4)17-18-11(2)12(3)23-17/h10,14H,5-9H2,1-4H3. The van der Waals surface area contributed by atoms with Crippen LogP contribution in [0, 0.1) is 20.8 Å². The Morgan fingerprint density at radius 3 is 2.58 bits per heavy atom. The molecule has 3 heterocycles. The van der Waals surface area contributed by atoms with Crippen LogP contribution in [-0.2, 0) is 10.0 Å². The molecule has 2 aromatic rings. The van der Waals surface area contributed by atoms with E-state index in [4.69, 9.17) is 0 Å². The molecule has 1 unspecified atom stereocenters. The molecule has 7 heteroatoms. The third kappa shape index (κ3) is 3.19. The molecule has 2 aromatic heterocycles. The summed E-state index contributed by atoms with van der Waals surface area (Å²) in [5.74, 6) is 0. The largest absolute Gasteiger partial charge is 0.244 e. The zero-order valence-corrected chi connectivity index (χ0v) is 17.1. The average molecular weight is 385 g/mol. The minimum absolute atomic E-state index is 0.135. The third-order valence-corrected chi connectivity index (χ3v) is 9.24. The van der Waals surface area contributed by atoms with Crippen molar-refractivity contribution in [3.8, 4) is 9.88 Å². The normalized spacial score (nSPS) is 19.8. The van der Waals surface area contributed by atoms with Gasteiger partial charge in [0.15, 0.2) is 0 Å². The van der Waals surface area contributed by atoms with Gasteiger partial charge in [-0.15, -0.1) is 22.7 Å². The van der Waals surface area contributed by atoms with E-state index in [0.29, 0.717) is 11.4 Å². The van der Waals surface area contributed by atoms with Crippen molar-refractivity contribution in [1.82, 2.24) is 9.29 Å². The van der Waals surface area contributed by atoms with Crippen LogP contribution in [0.5, 0.6) is 0 Å². The molecule has 0 amide bonds. The Labute approximate surface area is 152 Å². The van der Waals surface area contributed by atoms with Crippen molar-refractivity contribution in [1.29, 1.82) is 0 Å². The summed E-state index contributed by atoms with van der Waals surface area (Å²) in [4.78, 5) is 8.04. The van der Waals surface area contributed by atoms with E-state index in [1.807, 2.05) is 26.8 Å². The maximum atomic E-state index is 13.2. The fraction of sp³-hybridized carbons (Fsp3) is 0.588. The van der Waals surface area contributed by atoms with Gasteiger partial charge in [-0.2, -0.15) is 4.31 Å². The Morgan fingerprint density at radius 2 is 1.96 bits per heavy atom. The van der Waals surface area contributed by atoms with Crippen molar-refractivity contribution in [3.63, 3.8) is 0 Å². The van der Waals surface area contributed by atoms with Crippen LogP contribution in [0.3, 0.4) is 0 Å². The monoisotopic (exact) mass is 384 g/mol. The molecular formula is C17H24N2O2S3. The number of thiophene rings is 1. The van der Waals surface area contributed by atoms with Crippen LogP contribution in [0.4, 0.5) is 0 Å². The number of hydrogen-bond donors (Lipinski definition) is 0. The fourth-order valence-electron chi connectivity index (χ4n) is 3.23. The SMILES string of the molecule is CCC1CCCCN1S(=O)(=O)c1cc(-c2nc(C)c(C)s2)sc1C. The van der Waals surface area contributed by atoms with Gasteiger partial charge in [0.25, 0.3) is 0 Å². The predicted octanol–water partition coefficient (Wildman–Crippen LogP) is 4.75. The summed E-state index contributed by atoms with van der Waals surface area (Å²) in [5.41, 5.74) is 1.02. The summed E-state index contributed by atoms with van der Waals surface area (Å²) in [5, 5.41) is 0.922. The molecule has 0 aliphatic carbocycles. The van der Waals surface area contributed by atoms with Gasteiger partial charge >= 0.3 is 0 Å². The summed E-state index contributed by atoms with van der Waals surface area (Å²) in [6.07, 6.45) is 3.92. The number of sulfonamides is 1. The Morgan fingerprint density at radius 1 is 1.21 bits per heavy atom. The van der Waals surface area contributed by atoms with E-state index < -0.39 is 10.0 Å². The lowest BCUT2D eigenvalue weighted by Crippen LogP contribution is -2.43. The lowest BCUT2D eigenvalue weighted by Gasteiger charge is -2.34. The van der Waals surface area contributed by atoms with Crippen molar-refractivity contribution in [2.45, 2.75) is 64.3 Å². The zero-order chi connectivity index (χ0) is 17.5. The Bertz CT molecular complexity index is 817. The van der Waals surface area contributed by atoms with Gasteiger partial charge in [0.1, 0.15) is 5.01 Å². The van der Waals surface area contributed by atoms with Gasteiger partial charge in [0, 0.05) is 22.3 Å². The molecule has 0 aromatic carbocycles. The van der Waals surface area contributed by atoms with Crippen molar-refractivity contribution < 1.29 is 8.42 Å². The molecule has 0 saturated carbocycles. The fourth-order valence-corrected chi connectivity index (χ4v) is 7.52. The van der Waals surface area contributed by atoms with E-state index in [1.165, 1.54) is 16.2 Å². The average Bonchev–Trinajstić information content (AvgIpc) is 3.11. The first-order chi connectivity index (χ1) is 11.3. The van der Waals surface area contributed by atoms with Crippen molar-refractivity contribution in [2.24, 2.45) is 0 Å². The third-order valence-electron chi connectivity index (χ3n) is 4.74. The lowest BCUT2D eigenvalue weighted by atomic mass is 10.0. The summed E-state index contributed by atoms with van der Waals surface area (Å²) in [7, 11) is -3.42. The molecule has 1 aliphatic heterocycles. The summed E-state index contributed by atoms with van der Waals surface area (Å²) in [6.45, 7) is 8.66. The van der Waals surface area contributed by atoms with Crippen molar-refractivity contribution in [2.75, 3.05) is 6.54 Å². The van der Waals surface area contributed by atoms with Gasteiger partial charge in [-0.3, -0.25) is 0 Å². The van der Waals surface area contributed by atoms with Gasteiger partial charge in [0.05, 0.1) is 15.5 Å². The molecule has 1 fully saturated rings. The number of hydrogen-bond acceptors (Lipinski definition) is 5. The van der Waals surface area contributed by atoms with E-state index in [0.717, 1.165) is 46.1 Å². The molecule has 3 rings (SSSR count). The van der Waals surface area contributed by atoms with Crippen LogP contribution in [0.1, 0.15) is 48.1 Å². The second kappa shape index (κ2) is 6.86. The number of thiazole rings is 1. The second-order valence-electron chi connectivity index (χ2n) is 6.37. The van der Waals surface area contributed by atoms with Crippen molar-refractivity contribution in [3.05, 3.63) is 21.5 Å². The molecule has 24 heavy (non-hydrogen) atoms. The molecule has 0 N–H and O–H groups in total. The highest BCUT2D eigenvalue weighted by atomic mass is 32.2. The molecule has 1 saturated heterocycles. The molecule has 0 bridgehead atoms. The van der Waals surface area contributed by atoms with Crippen LogP contribution in [0.15, 0.2) is 11.0 Å². The van der Waals surface area contributed by atoms with E-state index in [-0.39, 0.29) is 6.04 Å². The van der Waals surface area contributed by atoms with Crippen LogP contribution in [-0.4, -0.2) is 30.3 Å². The topological polar surface area (TPSA) is 50.3 Å². The Hall–Kier alpha value is -0.760. The number of aromatic nitrogens is 1. The number of piperidine rings is 1. The van der Waals surface area contributed by atoms with E-state index in [9.17, 15) is 8.42 Å². The van der Waals surface area contributed by atoms with Crippen molar-refractivity contribution >= 4 is 32.7 Å². The van der Waals surface area contributed by atoms with Gasteiger partial charge in [-0.25, -0.2) is 13.4 Å². The second-order valence-corrected chi connectivity index (χ2v) is 10.7. The minimum Gasteiger partial charge on any atom is -0.240 e. The van der Waals surface area contributed by atoms with Gasteiger partial charge < -0.3 is 0 Å². The molecular weight excluding hydrogens is 360 g/mol. The van der Waals surface area contributed by atoms with Gasteiger partial charge in [-0.05, 0) is 46.1 Å². The van der Waals surface area contributed by atoms with Crippen LogP contribution >= 0.6 is 22.7 Å². The van der Waals surface area contributed by atoms with E-state index in [1.54, 1.807) is 15.6 Å². The van der Waals surface area contributed by atoms with Gasteiger partial charge in [0.2, 0.25) is 10.0 Å². The number of aryl methyl sites for hydroxylation is 3. The Kier molecular flexibility index (Phi) is 5.16. The molecule has 0 radical (unpaired) electrons. The first kappa shape index (κ1) is 18.0. The van der Waals surface area contributed by atoms with Crippen LogP contribution in [0.25, 0.3) is 9.88 Å². The quantitative estimate of drug-likeness (QED) is 0.764. The summed E-state index contributed by atoms with van der Waals surface area (Å²) in [6, 6.07) is 1.96. The highest BCUT2D eigenvalue weighted by Gasteiger charge is 2.34. The zero-order valence-electron chi connectivity index (χ0n) is 14.6. The molecule has 1 atom stereocenters. The summed E-state index contributed by atoms with van der Waals surface area (Å²) < 4.78 is 28.1. The highest BCUT2D eigenvalue weighted by Crippen LogP contribution is 2.38. The minimum atomic E-state index is -3.42. The first-order valence-corrected chi connectivity index (χ1v) is 11.5. The maximum Gasteiger partial charge on any atom is 0.244 e.